The average Bonchev–Trinajstić information content (AvgIpc) is 2.82. The molecular formula is C16H13ClN2O2. The fraction of sp³-hybridized carbons (Fsp3) is 0.0625. The van der Waals surface area contributed by atoms with Crippen molar-refractivity contribution in [2.24, 2.45) is 7.05 Å². The van der Waals surface area contributed by atoms with Gasteiger partial charge in [-0.3, -0.25) is 0 Å². The second kappa shape index (κ2) is 5.14. The van der Waals surface area contributed by atoms with Gasteiger partial charge in [0.2, 0.25) is 0 Å². The molecule has 0 aliphatic heterocycles. The van der Waals surface area contributed by atoms with Crippen LogP contribution in [-0.4, -0.2) is 15.6 Å². The number of nitrogens with one attached hydrogen (secondary N) is 1. The molecule has 5 heteroatoms. The molecule has 0 bridgehead atoms. The van der Waals surface area contributed by atoms with E-state index in [1.807, 2.05) is 42.1 Å². The smallest absolute Gasteiger partial charge is 0.337 e. The number of rotatable bonds is 3. The number of fused-ring (bicyclic) bond motifs is 1. The molecular weight excluding hydrogens is 288 g/mol. The van der Waals surface area contributed by atoms with E-state index in [1.54, 1.807) is 12.1 Å². The van der Waals surface area contributed by atoms with Crippen molar-refractivity contribution in [1.29, 1.82) is 0 Å². The Hall–Kier alpha value is -2.46. The van der Waals surface area contributed by atoms with Crippen LogP contribution >= 0.6 is 11.6 Å². The van der Waals surface area contributed by atoms with Gasteiger partial charge < -0.3 is 15.0 Å². The Balaban J connectivity index is 2.00. The minimum atomic E-state index is -1.01. The Morgan fingerprint density at radius 2 is 2.00 bits per heavy atom. The normalized spacial score (nSPS) is 10.8. The van der Waals surface area contributed by atoms with Gasteiger partial charge in [-0.2, -0.15) is 0 Å². The number of carbonyl (C=O) groups is 1. The summed E-state index contributed by atoms with van der Waals surface area (Å²) in [5.74, 6) is -1.01. The quantitative estimate of drug-likeness (QED) is 0.759. The summed E-state index contributed by atoms with van der Waals surface area (Å²) in [4.78, 5) is 11.3. The van der Waals surface area contributed by atoms with Crippen LogP contribution in [0.1, 0.15) is 10.4 Å². The minimum Gasteiger partial charge on any atom is -0.478 e. The number of halogens is 1. The zero-order valence-electron chi connectivity index (χ0n) is 11.3. The van der Waals surface area contributed by atoms with E-state index >= 15 is 0 Å². The van der Waals surface area contributed by atoms with Crippen LogP contribution in [0, 0.1) is 0 Å². The third-order valence-corrected chi connectivity index (χ3v) is 3.61. The third-order valence-electron chi connectivity index (χ3n) is 3.38. The molecule has 0 radical (unpaired) electrons. The van der Waals surface area contributed by atoms with E-state index in [2.05, 4.69) is 5.32 Å². The molecule has 0 aliphatic carbocycles. The second-order valence-electron chi connectivity index (χ2n) is 4.82. The maximum atomic E-state index is 11.3. The van der Waals surface area contributed by atoms with E-state index in [4.69, 9.17) is 11.6 Å². The van der Waals surface area contributed by atoms with E-state index in [0.717, 1.165) is 16.6 Å². The van der Waals surface area contributed by atoms with Crippen molar-refractivity contribution < 1.29 is 9.90 Å². The van der Waals surface area contributed by atoms with E-state index in [1.165, 1.54) is 6.07 Å². The van der Waals surface area contributed by atoms with Gasteiger partial charge in [0, 0.05) is 34.9 Å². The molecule has 3 rings (SSSR count). The first-order valence-corrected chi connectivity index (χ1v) is 6.77. The summed E-state index contributed by atoms with van der Waals surface area (Å²) in [7, 11) is 1.98. The summed E-state index contributed by atoms with van der Waals surface area (Å²) < 4.78 is 2.03. The van der Waals surface area contributed by atoms with Gasteiger partial charge in [-0.25, -0.2) is 4.79 Å². The van der Waals surface area contributed by atoms with Crippen LogP contribution in [0.5, 0.6) is 0 Å². The van der Waals surface area contributed by atoms with Crippen LogP contribution in [0.4, 0.5) is 11.4 Å². The van der Waals surface area contributed by atoms with Crippen LogP contribution in [0.25, 0.3) is 10.9 Å². The lowest BCUT2D eigenvalue weighted by Crippen LogP contribution is -2.02. The molecule has 0 spiro atoms. The monoisotopic (exact) mass is 300 g/mol. The highest BCUT2D eigenvalue weighted by molar-refractivity contribution is 6.31. The van der Waals surface area contributed by atoms with Gasteiger partial charge in [-0.15, -0.1) is 0 Å². The molecule has 2 aromatic carbocycles. The number of aromatic carboxylic acids is 1. The lowest BCUT2D eigenvalue weighted by Gasteiger charge is -2.10. The molecule has 1 heterocycles. The molecule has 4 nitrogen and oxygen atoms in total. The van der Waals surface area contributed by atoms with Crippen LogP contribution in [-0.2, 0) is 7.05 Å². The lowest BCUT2D eigenvalue weighted by atomic mass is 10.1. The Bertz CT molecular complexity index is 839. The number of carboxylic acid groups (broad SMARTS) is 1. The van der Waals surface area contributed by atoms with E-state index in [9.17, 15) is 9.90 Å². The first-order valence-electron chi connectivity index (χ1n) is 6.39. The number of nitrogens with zero attached hydrogens (tertiary/aromatic N) is 1. The minimum absolute atomic E-state index is 0.149. The van der Waals surface area contributed by atoms with Crippen LogP contribution < -0.4 is 5.32 Å². The van der Waals surface area contributed by atoms with Crippen molar-refractivity contribution in [2.45, 2.75) is 0 Å². The summed E-state index contributed by atoms with van der Waals surface area (Å²) >= 11 is 5.85. The number of aromatic nitrogens is 1. The van der Waals surface area contributed by atoms with Crippen molar-refractivity contribution in [3.05, 3.63) is 59.2 Å². The zero-order chi connectivity index (χ0) is 15.0. The SMILES string of the molecule is Cn1ccc2cc(Nc3ccc(Cl)cc3C(=O)O)ccc21. The number of benzene rings is 2. The molecule has 2 N–H and O–H groups in total. The van der Waals surface area contributed by atoms with Gasteiger partial charge in [0.25, 0.3) is 0 Å². The fourth-order valence-corrected chi connectivity index (χ4v) is 2.49. The first-order chi connectivity index (χ1) is 10.0. The van der Waals surface area contributed by atoms with Gasteiger partial charge in [-0.1, -0.05) is 11.6 Å². The average molecular weight is 301 g/mol. The van der Waals surface area contributed by atoms with Gasteiger partial charge in [0.15, 0.2) is 0 Å². The van der Waals surface area contributed by atoms with Crippen LogP contribution in [0.3, 0.4) is 0 Å². The maximum Gasteiger partial charge on any atom is 0.337 e. The van der Waals surface area contributed by atoms with Crippen molar-refractivity contribution in [1.82, 2.24) is 4.57 Å². The highest BCUT2D eigenvalue weighted by Crippen LogP contribution is 2.26. The van der Waals surface area contributed by atoms with E-state index in [0.29, 0.717) is 10.7 Å². The molecule has 0 aliphatic rings. The molecule has 1 aromatic heterocycles. The Morgan fingerprint density at radius 1 is 1.19 bits per heavy atom. The molecule has 3 aromatic rings. The van der Waals surface area contributed by atoms with Gasteiger partial charge in [-0.05, 0) is 42.5 Å². The number of anilines is 2. The predicted octanol–water partition coefficient (Wildman–Crippen LogP) is 4.27. The number of carboxylic acids is 1. The Morgan fingerprint density at radius 3 is 2.76 bits per heavy atom. The number of hydrogen-bond donors (Lipinski definition) is 2. The predicted molar refractivity (Wildman–Crippen MR) is 84.6 cm³/mol. The highest BCUT2D eigenvalue weighted by Gasteiger charge is 2.11. The van der Waals surface area contributed by atoms with E-state index < -0.39 is 5.97 Å². The van der Waals surface area contributed by atoms with Crippen molar-refractivity contribution in [3.8, 4) is 0 Å². The molecule has 21 heavy (non-hydrogen) atoms. The van der Waals surface area contributed by atoms with Crippen molar-refractivity contribution in [3.63, 3.8) is 0 Å². The van der Waals surface area contributed by atoms with Gasteiger partial charge in [0.1, 0.15) is 0 Å². The molecule has 106 valence electrons. The summed E-state index contributed by atoms with van der Waals surface area (Å²) in [6.07, 6.45) is 1.99. The first kappa shape index (κ1) is 13.5. The molecule has 0 saturated carbocycles. The number of hydrogen-bond acceptors (Lipinski definition) is 2. The largest absolute Gasteiger partial charge is 0.478 e. The van der Waals surface area contributed by atoms with Gasteiger partial charge in [0.05, 0.1) is 11.3 Å². The standard InChI is InChI=1S/C16H13ClN2O2/c1-19-7-6-10-8-12(3-5-15(10)19)18-14-4-2-11(17)9-13(14)16(20)21/h2-9,18H,1H3,(H,20,21). The molecule has 0 atom stereocenters. The molecule has 0 unspecified atom stereocenters. The fourth-order valence-electron chi connectivity index (χ4n) is 2.32. The third kappa shape index (κ3) is 2.58. The zero-order valence-corrected chi connectivity index (χ0v) is 12.1. The molecule has 0 amide bonds. The topological polar surface area (TPSA) is 54.3 Å². The maximum absolute atomic E-state index is 11.3. The lowest BCUT2D eigenvalue weighted by molar-refractivity contribution is 0.0698. The molecule has 0 saturated heterocycles. The Labute approximate surface area is 126 Å². The van der Waals surface area contributed by atoms with Gasteiger partial charge >= 0.3 is 5.97 Å². The summed E-state index contributed by atoms with van der Waals surface area (Å²) in [5, 5.41) is 13.9. The Kier molecular flexibility index (Phi) is 3.31. The van der Waals surface area contributed by atoms with E-state index in [-0.39, 0.29) is 5.56 Å². The summed E-state index contributed by atoms with van der Waals surface area (Å²) in [5.41, 5.74) is 2.62. The molecule has 0 fully saturated rings. The van der Waals surface area contributed by atoms with Crippen LogP contribution in [0.15, 0.2) is 48.7 Å². The van der Waals surface area contributed by atoms with Crippen molar-refractivity contribution >= 4 is 39.8 Å². The highest BCUT2D eigenvalue weighted by atomic mass is 35.5. The van der Waals surface area contributed by atoms with Crippen LogP contribution in [0.2, 0.25) is 5.02 Å². The second-order valence-corrected chi connectivity index (χ2v) is 5.26. The number of aryl methyl sites for hydroxylation is 1. The van der Waals surface area contributed by atoms with Crippen molar-refractivity contribution in [2.75, 3.05) is 5.32 Å². The summed E-state index contributed by atoms with van der Waals surface area (Å²) in [6.45, 7) is 0. The summed E-state index contributed by atoms with van der Waals surface area (Å²) in [6, 6.07) is 12.7.